The van der Waals surface area contributed by atoms with E-state index in [1.807, 2.05) is 0 Å². The Kier molecular flexibility index (Phi) is 5.18. The standard InChI is InChI=1S/C12H18N4O3/c1-2-8-6-10(17)16(7-8)9(11(18)19)4-3-5-15-12(13)14/h1,8-9H,3-7H2,(H,18,19)(H4,13,14,15)/t8?,9-/m0/s1. The molecule has 1 aliphatic heterocycles. The zero-order valence-electron chi connectivity index (χ0n) is 10.6. The van der Waals surface area contributed by atoms with Crippen LogP contribution in [0.2, 0.25) is 0 Å². The van der Waals surface area contributed by atoms with E-state index in [-0.39, 0.29) is 24.2 Å². The molecule has 0 aromatic rings. The fourth-order valence-electron chi connectivity index (χ4n) is 2.05. The van der Waals surface area contributed by atoms with E-state index in [4.69, 9.17) is 17.9 Å². The molecule has 104 valence electrons. The molecule has 0 spiro atoms. The van der Waals surface area contributed by atoms with Gasteiger partial charge in [-0.3, -0.25) is 9.79 Å². The van der Waals surface area contributed by atoms with Gasteiger partial charge in [0.05, 0.1) is 0 Å². The molecular formula is C12H18N4O3. The molecular weight excluding hydrogens is 248 g/mol. The number of hydrogen-bond donors (Lipinski definition) is 3. The van der Waals surface area contributed by atoms with Crippen molar-refractivity contribution in [1.82, 2.24) is 4.90 Å². The van der Waals surface area contributed by atoms with Crippen LogP contribution in [0.5, 0.6) is 0 Å². The van der Waals surface area contributed by atoms with Crippen molar-refractivity contribution in [2.45, 2.75) is 25.3 Å². The average Bonchev–Trinajstić information content (AvgIpc) is 2.69. The normalized spacial score (nSPS) is 19.8. The molecule has 1 aliphatic rings. The van der Waals surface area contributed by atoms with Gasteiger partial charge in [0.2, 0.25) is 5.91 Å². The molecule has 1 heterocycles. The van der Waals surface area contributed by atoms with Crippen LogP contribution in [0, 0.1) is 18.3 Å². The lowest BCUT2D eigenvalue weighted by molar-refractivity contribution is -0.148. The number of hydrogen-bond acceptors (Lipinski definition) is 3. The Morgan fingerprint density at radius 3 is 2.79 bits per heavy atom. The van der Waals surface area contributed by atoms with Crippen molar-refractivity contribution in [3.05, 3.63) is 0 Å². The summed E-state index contributed by atoms with van der Waals surface area (Å²) in [4.78, 5) is 28.1. The Labute approximate surface area is 111 Å². The number of amides is 1. The third kappa shape index (κ3) is 4.17. The maximum Gasteiger partial charge on any atom is 0.326 e. The Hall–Kier alpha value is -2.23. The van der Waals surface area contributed by atoms with Crippen molar-refractivity contribution in [3.63, 3.8) is 0 Å². The zero-order valence-corrected chi connectivity index (χ0v) is 10.6. The van der Waals surface area contributed by atoms with E-state index < -0.39 is 12.0 Å². The van der Waals surface area contributed by atoms with Crippen molar-refractivity contribution in [2.24, 2.45) is 22.4 Å². The molecule has 1 saturated heterocycles. The van der Waals surface area contributed by atoms with Crippen molar-refractivity contribution in [3.8, 4) is 12.3 Å². The van der Waals surface area contributed by atoms with Crippen LogP contribution >= 0.6 is 0 Å². The molecule has 1 unspecified atom stereocenters. The first-order valence-electron chi connectivity index (χ1n) is 5.99. The predicted molar refractivity (Wildman–Crippen MR) is 70.0 cm³/mol. The second kappa shape index (κ2) is 6.64. The van der Waals surface area contributed by atoms with Gasteiger partial charge in [-0.15, -0.1) is 12.3 Å². The summed E-state index contributed by atoms with van der Waals surface area (Å²) in [6, 6.07) is -0.861. The van der Waals surface area contributed by atoms with Gasteiger partial charge in [0.25, 0.3) is 0 Å². The van der Waals surface area contributed by atoms with E-state index in [0.29, 0.717) is 25.9 Å². The van der Waals surface area contributed by atoms with Crippen molar-refractivity contribution in [2.75, 3.05) is 13.1 Å². The van der Waals surface area contributed by atoms with Gasteiger partial charge in [-0.05, 0) is 12.8 Å². The third-order valence-electron chi connectivity index (χ3n) is 2.99. The molecule has 2 atom stereocenters. The third-order valence-corrected chi connectivity index (χ3v) is 2.99. The molecule has 0 aliphatic carbocycles. The van der Waals surface area contributed by atoms with Crippen LogP contribution < -0.4 is 11.5 Å². The Morgan fingerprint density at radius 2 is 2.32 bits per heavy atom. The molecule has 0 saturated carbocycles. The van der Waals surface area contributed by atoms with Crippen molar-refractivity contribution in [1.29, 1.82) is 0 Å². The van der Waals surface area contributed by atoms with Gasteiger partial charge in [-0.25, -0.2) is 4.79 Å². The van der Waals surface area contributed by atoms with E-state index in [2.05, 4.69) is 10.9 Å². The number of terminal acetylenes is 1. The molecule has 1 rings (SSSR count). The summed E-state index contributed by atoms with van der Waals surface area (Å²) in [7, 11) is 0. The quantitative estimate of drug-likeness (QED) is 0.246. The summed E-state index contributed by atoms with van der Waals surface area (Å²) in [5.41, 5.74) is 10.3. The number of aliphatic imine (C=N–C) groups is 1. The Bertz CT molecular complexity index is 423. The van der Waals surface area contributed by atoms with E-state index in [1.54, 1.807) is 0 Å². The summed E-state index contributed by atoms with van der Waals surface area (Å²) in [6.45, 7) is 0.640. The fraction of sp³-hybridized carbons (Fsp3) is 0.583. The number of carbonyl (C=O) groups is 2. The summed E-state index contributed by atoms with van der Waals surface area (Å²) in [6.07, 6.45) is 6.27. The number of carboxylic acid groups (broad SMARTS) is 1. The minimum absolute atomic E-state index is 0.0310. The molecule has 0 radical (unpaired) electrons. The average molecular weight is 266 g/mol. The molecule has 5 N–H and O–H groups in total. The number of carboxylic acids is 1. The second-order valence-corrected chi connectivity index (χ2v) is 4.42. The number of guanidine groups is 1. The monoisotopic (exact) mass is 266 g/mol. The van der Waals surface area contributed by atoms with Crippen LogP contribution in [-0.2, 0) is 9.59 Å². The van der Waals surface area contributed by atoms with Gasteiger partial charge in [-0.2, -0.15) is 0 Å². The number of nitrogens with two attached hydrogens (primary N) is 2. The van der Waals surface area contributed by atoms with E-state index in [1.165, 1.54) is 4.90 Å². The molecule has 7 heteroatoms. The zero-order chi connectivity index (χ0) is 14.4. The van der Waals surface area contributed by atoms with E-state index in [9.17, 15) is 14.7 Å². The molecule has 0 bridgehead atoms. The summed E-state index contributed by atoms with van der Waals surface area (Å²) < 4.78 is 0. The van der Waals surface area contributed by atoms with Gasteiger partial charge >= 0.3 is 5.97 Å². The lowest BCUT2D eigenvalue weighted by Crippen LogP contribution is -2.42. The largest absolute Gasteiger partial charge is 0.480 e. The molecule has 7 nitrogen and oxygen atoms in total. The van der Waals surface area contributed by atoms with E-state index >= 15 is 0 Å². The van der Waals surface area contributed by atoms with Gasteiger partial charge in [-0.1, -0.05) is 0 Å². The predicted octanol–water partition coefficient (Wildman–Crippen LogP) is -1.03. The lowest BCUT2D eigenvalue weighted by Gasteiger charge is -2.24. The number of rotatable bonds is 6. The smallest absolute Gasteiger partial charge is 0.326 e. The van der Waals surface area contributed by atoms with Crippen LogP contribution in [0.1, 0.15) is 19.3 Å². The van der Waals surface area contributed by atoms with Crippen LogP contribution in [0.25, 0.3) is 0 Å². The van der Waals surface area contributed by atoms with E-state index in [0.717, 1.165) is 0 Å². The first-order chi connectivity index (χ1) is 8.95. The van der Waals surface area contributed by atoms with Gasteiger partial charge in [0.15, 0.2) is 5.96 Å². The first-order valence-corrected chi connectivity index (χ1v) is 5.99. The topological polar surface area (TPSA) is 122 Å². The minimum Gasteiger partial charge on any atom is -0.480 e. The minimum atomic E-state index is -1.03. The van der Waals surface area contributed by atoms with Gasteiger partial charge < -0.3 is 21.5 Å². The summed E-state index contributed by atoms with van der Waals surface area (Å²) >= 11 is 0. The highest BCUT2D eigenvalue weighted by molar-refractivity contribution is 5.85. The molecule has 1 fully saturated rings. The van der Waals surface area contributed by atoms with Gasteiger partial charge in [0.1, 0.15) is 6.04 Å². The summed E-state index contributed by atoms with van der Waals surface area (Å²) in [5, 5.41) is 9.19. The number of likely N-dealkylation sites (tertiary alicyclic amines) is 1. The SMILES string of the molecule is C#CC1CC(=O)N([C@@H](CCCN=C(N)N)C(=O)O)C1. The molecule has 0 aromatic heterocycles. The van der Waals surface area contributed by atoms with Gasteiger partial charge in [0, 0.05) is 25.4 Å². The van der Waals surface area contributed by atoms with Crippen LogP contribution in [-0.4, -0.2) is 47.0 Å². The lowest BCUT2D eigenvalue weighted by atomic mass is 10.1. The molecule has 1 amide bonds. The summed E-state index contributed by atoms with van der Waals surface area (Å²) in [5.74, 6) is 1.01. The first kappa shape index (κ1) is 14.8. The number of carbonyl (C=O) groups excluding carboxylic acids is 1. The van der Waals surface area contributed by atoms with Crippen LogP contribution in [0.15, 0.2) is 4.99 Å². The van der Waals surface area contributed by atoms with Crippen molar-refractivity contribution < 1.29 is 14.7 Å². The number of nitrogens with zero attached hydrogens (tertiary/aromatic N) is 2. The highest BCUT2D eigenvalue weighted by Crippen LogP contribution is 2.21. The highest BCUT2D eigenvalue weighted by Gasteiger charge is 2.36. The fourth-order valence-corrected chi connectivity index (χ4v) is 2.05. The Balaban J connectivity index is 2.58. The van der Waals surface area contributed by atoms with Crippen LogP contribution in [0.4, 0.5) is 0 Å². The van der Waals surface area contributed by atoms with Crippen molar-refractivity contribution >= 4 is 17.8 Å². The maximum absolute atomic E-state index is 11.7. The molecule has 19 heavy (non-hydrogen) atoms. The number of aliphatic carboxylic acids is 1. The molecule has 0 aromatic carbocycles. The maximum atomic E-state index is 11.7. The highest BCUT2D eigenvalue weighted by atomic mass is 16.4. The van der Waals surface area contributed by atoms with Crippen LogP contribution in [0.3, 0.4) is 0 Å². The second-order valence-electron chi connectivity index (χ2n) is 4.42. The Morgan fingerprint density at radius 1 is 1.63 bits per heavy atom.